The molecule has 0 aliphatic carbocycles. The smallest absolute Gasteiger partial charge is 0.276 e. The number of halogens is 1. The number of carbonyl (C=O) groups is 1. The number of amides is 1. The molecule has 26 heavy (non-hydrogen) atoms. The third kappa shape index (κ3) is 2.76. The standard InChI is InChI=1S/C17H14FN5O2S/c1-9-6-22(2)16(25)15-14(9)19-8-23(15)7-13(24)21-17-20-11-4-3-10(18)5-12(11)26-17/h3-6,8H,7H2,1-2H3,(H,20,21,24). The average molecular weight is 371 g/mol. The zero-order valence-electron chi connectivity index (χ0n) is 14.0. The maximum Gasteiger partial charge on any atom is 0.276 e. The summed E-state index contributed by atoms with van der Waals surface area (Å²) in [5.74, 6) is -0.692. The van der Waals surface area contributed by atoms with Crippen LogP contribution < -0.4 is 10.9 Å². The van der Waals surface area contributed by atoms with Gasteiger partial charge in [0.2, 0.25) is 5.91 Å². The van der Waals surface area contributed by atoms with E-state index in [4.69, 9.17) is 0 Å². The molecule has 3 heterocycles. The third-order valence-electron chi connectivity index (χ3n) is 4.03. The number of imidazole rings is 1. The van der Waals surface area contributed by atoms with E-state index in [0.29, 0.717) is 26.4 Å². The topological polar surface area (TPSA) is 81.8 Å². The molecule has 4 aromatic rings. The molecule has 0 spiro atoms. The first-order valence-corrected chi connectivity index (χ1v) is 8.61. The molecule has 7 nitrogen and oxygen atoms in total. The molecule has 1 N–H and O–H groups in total. The van der Waals surface area contributed by atoms with Gasteiger partial charge in [-0.2, -0.15) is 0 Å². The van der Waals surface area contributed by atoms with Crippen molar-refractivity contribution in [2.45, 2.75) is 13.5 Å². The largest absolute Gasteiger partial charge is 0.317 e. The fourth-order valence-electron chi connectivity index (χ4n) is 2.86. The van der Waals surface area contributed by atoms with Gasteiger partial charge in [0.1, 0.15) is 17.9 Å². The molecule has 0 unspecified atom stereocenters. The Morgan fingerprint density at radius 3 is 3.00 bits per heavy atom. The number of fused-ring (bicyclic) bond motifs is 2. The summed E-state index contributed by atoms with van der Waals surface area (Å²) in [7, 11) is 1.66. The average Bonchev–Trinajstić information content (AvgIpc) is 3.16. The molecule has 3 aromatic heterocycles. The monoisotopic (exact) mass is 371 g/mol. The Bertz CT molecular complexity index is 1220. The van der Waals surface area contributed by atoms with Crippen LogP contribution in [-0.4, -0.2) is 25.0 Å². The number of aromatic nitrogens is 4. The van der Waals surface area contributed by atoms with Crippen molar-refractivity contribution in [3.05, 3.63) is 52.5 Å². The van der Waals surface area contributed by atoms with Crippen LogP contribution in [0.4, 0.5) is 9.52 Å². The van der Waals surface area contributed by atoms with Gasteiger partial charge in [-0.25, -0.2) is 14.4 Å². The molecular formula is C17H14FN5O2S. The summed E-state index contributed by atoms with van der Waals surface area (Å²) < 4.78 is 16.9. The quantitative estimate of drug-likeness (QED) is 0.600. The van der Waals surface area contributed by atoms with Crippen molar-refractivity contribution in [1.82, 2.24) is 19.1 Å². The highest BCUT2D eigenvalue weighted by molar-refractivity contribution is 7.22. The molecule has 0 atom stereocenters. The molecule has 4 rings (SSSR count). The minimum Gasteiger partial charge on any atom is -0.317 e. The number of hydrogen-bond donors (Lipinski definition) is 1. The third-order valence-corrected chi connectivity index (χ3v) is 4.97. The molecule has 0 fully saturated rings. The molecule has 0 radical (unpaired) electrons. The Balaban J connectivity index is 1.62. The Morgan fingerprint density at radius 2 is 2.19 bits per heavy atom. The summed E-state index contributed by atoms with van der Waals surface area (Å²) in [5.41, 5.74) is 2.22. The van der Waals surface area contributed by atoms with E-state index in [0.717, 1.165) is 5.56 Å². The number of nitrogens with one attached hydrogen (secondary N) is 1. The lowest BCUT2D eigenvalue weighted by atomic mass is 10.2. The predicted octanol–water partition coefficient (Wildman–Crippen LogP) is 2.43. The number of rotatable bonds is 3. The molecule has 1 amide bonds. The first-order chi connectivity index (χ1) is 12.4. The first kappa shape index (κ1) is 16.4. The predicted molar refractivity (Wildman–Crippen MR) is 97.9 cm³/mol. The molecule has 1 aromatic carbocycles. The second-order valence-corrected chi connectivity index (χ2v) is 7.01. The van der Waals surface area contributed by atoms with Crippen molar-refractivity contribution in [3.63, 3.8) is 0 Å². The van der Waals surface area contributed by atoms with Crippen molar-refractivity contribution < 1.29 is 9.18 Å². The molecule has 9 heteroatoms. The van der Waals surface area contributed by atoms with Gasteiger partial charge in [0, 0.05) is 13.2 Å². The zero-order chi connectivity index (χ0) is 18.4. The van der Waals surface area contributed by atoms with E-state index in [2.05, 4.69) is 15.3 Å². The van der Waals surface area contributed by atoms with E-state index in [-0.39, 0.29) is 23.8 Å². The number of pyridine rings is 1. The maximum atomic E-state index is 13.3. The van der Waals surface area contributed by atoms with Gasteiger partial charge in [0.05, 0.1) is 22.1 Å². The Hall–Kier alpha value is -3.07. The number of aryl methyl sites for hydroxylation is 2. The number of nitrogens with zero attached hydrogens (tertiary/aromatic N) is 4. The van der Waals surface area contributed by atoms with Gasteiger partial charge in [0.25, 0.3) is 5.56 Å². The van der Waals surface area contributed by atoms with E-state index in [9.17, 15) is 14.0 Å². The van der Waals surface area contributed by atoms with E-state index in [1.807, 2.05) is 6.92 Å². The van der Waals surface area contributed by atoms with Crippen LogP contribution in [0.1, 0.15) is 5.56 Å². The SMILES string of the molecule is Cc1cn(C)c(=O)c2c1ncn2CC(=O)Nc1nc2ccc(F)cc2s1. The summed E-state index contributed by atoms with van der Waals surface area (Å²) in [6.45, 7) is 1.79. The highest BCUT2D eigenvalue weighted by Crippen LogP contribution is 2.26. The Morgan fingerprint density at radius 1 is 1.38 bits per heavy atom. The van der Waals surface area contributed by atoms with Gasteiger partial charge < -0.3 is 14.5 Å². The van der Waals surface area contributed by atoms with Gasteiger partial charge in [-0.05, 0) is 30.7 Å². The maximum absolute atomic E-state index is 13.3. The highest BCUT2D eigenvalue weighted by atomic mass is 32.1. The zero-order valence-corrected chi connectivity index (χ0v) is 14.8. The van der Waals surface area contributed by atoms with Crippen LogP contribution in [-0.2, 0) is 18.4 Å². The van der Waals surface area contributed by atoms with Crippen molar-refractivity contribution in [2.24, 2.45) is 7.05 Å². The van der Waals surface area contributed by atoms with Gasteiger partial charge >= 0.3 is 0 Å². The lowest BCUT2D eigenvalue weighted by Gasteiger charge is -2.06. The minimum absolute atomic E-state index is 0.0700. The lowest BCUT2D eigenvalue weighted by molar-refractivity contribution is -0.116. The fraction of sp³-hybridized carbons (Fsp3) is 0.176. The summed E-state index contributed by atoms with van der Waals surface area (Å²) >= 11 is 1.19. The minimum atomic E-state index is -0.352. The summed E-state index contributed by atoms with van der Waals surface area (Å²) in [6.07, 6.45) is 3.19. The molecule has 0 aliphatic rings. The van der Waals surface area contributed by atoms with Crippen molar-refractivity contribution in [2.75, 3.05) is 5.32 Å². The lowest BCUT2D eigenvalue weighted by Crippen LogP contribution is -2.23. The molecule has 0 saturated carbocycles. The van der Waals surface area contributed by atoms with E-state index >= 15 is 0 Å². The molecular weight excluding hydrogens is 357 g/mol. The van der Waals surface area contributed by atoms with Crippen molar-refractivity contribution in [3.8, 4) is 0 Å². The molecule has 0 aliphatic heterocycles. The van der Waals surface area contributed by atoms with Crippen LogP contribution in [0.2, 0.25) is 0 Å². The van der Waals surface area contributed by atoms with Crippen LogP contribution in [0, 0.1) is 12.7 Å². The van der Waals surface area contributed by atoms with Gasteiger partial charge in [-0.1, -0.05) is 11.3 Å². The number of anilines is 1. The number of benzene rings is 1. The van der Waals surface area contributed by atoms with Crippen LogP contribution >= 0.6 is 11.3 Å². The number of hydrogen-bond acceptors (Lipinski definition) is 5. The normalized spacial score (nSPS) is 11.3. The molecule has 132 valence electrons. The highest BCUT2D eigenvalue weighted by Gasteiger charge is 2.15. The van der Waals surface area contributed by atoms with E-state index < -0.39 is 0 Å². The number of thiazole rings is 1. The van der Waals surface area contributed by atoms with Gasteiger partial charge in [-0.3, -0.25) is 9.59 Å². The molecule has 0 bridgehead atoms. The van der Waals surface area contributed by atoms with Crippen molar-refractivity contribution >= 4 is 43.6 Å². The summed E-state index contributed by atoms with van der Waals surface area (Å²) in [6, 6.07) is 4.26. The van der Waals surface area contributed by atoms with E-state index in [1.165, 1.54) is 38.9 Å². The van der Waals surface area contributed by atoms with Crippen LogP contribution in [0.3, 0.4) is 0 Å². The summed E-state index contributed by atoms with van der Waals surface area (Å²) in [4.78, 5) is 33.2. The number of carbonyl (C=O) groups excluding carboxylic acids is 1. The fourth-order valence-corrected chi connectivity index (χ4v) is 3.76. The Labute approximate surface area is 150 Å². The van der Waals surface area contributed by atoms with Gasteiger partial charge in [-0.15, -0.1) is 0 Å². The molecule has 0 saturated heterocycles. The first-order valence-electron chi connectivity index (χ1n) is 7.79. The van der Waals surface area contributed by atoms with Crippen molar-refractivity contribution in [1.29, 1.82) is 0 Å². The van der Waals surface area contributed by atoms with E-state index in [1.54, 1.807) is 19.3 Å². The van der Waals surface area contributed by atoms with Crippen LogP contribution in [0.5, 0.6) is 0 Å². The Kier molecular flexibility index (Phi) is 3.80. The van der Waals surface area contributed by atoms with Crippen LogP contribution in [0.25, 0.3) is 21.3 Å². The second-order valence-electron chi connectivity index (χ2n) is 5.98. The second kappa shape index (κ2) is 6.03. The summed E-state index contributed by atoms with van der Waals surface area (Å²) in [5, 5.41) is 3.07. The van der Waals surface area contributed by atoms with Gasteiger partial charge in [0.15, 0.2) is 5.13 Å². The van der Waals surface area contributed by atoms with Crippen LogP contribution in [0.15, 0.2) is 35.5 Å².